The summed E-state index contributed by atoms with van der Waals surface area (Å²) in [5, 5.41) is 2.65. The average molecular weight is 265 g/mol. The second-order valence-electron chi connectivity index (χ2n) is 5.16. The van der Waals surface area contributed by atoms with Crippen LogP contribution in [0.4, 0.5) is 5.69 Å². The van der Waals surface area contributed by atoms with Gasteiger partial charge in [0, 0.05) is 12.6 Å². The highest BCUT2D eigenvalue weighted by Crippen LogP contribution is 2.26. The van der Waals surface area contributed by atoms with Gasteiger partial charge >= 0.3 is 0 Å². The minimum Gasteiger partial charge on any atom is -0.544 e. The summed E-state index contributed by atoms with van der Waals surface area (Å²) in [5.74, 6) is 0.356. The minimum atomic E-state index is -1.76. The van der Waals surface area contributed by atoms with Crippen molar-refractivity contribution in [1.29, 1.82) is 0 Å². The third-order valence-corrected chi connectivity index (χ3v) is 2.93. The molecule has 0 saturated carbocycles. The van der Waals surface area contributed by atoms with Crippen molar-refractivity contribution in [2.45, 2.75) is 33.5 Å². The lowest BCUT2D eigenvalue weighted by Gasteiger charge is -2.21. The first-order chi connectivity index (χ1) is 8.19. The maximum absolute atomic E-state index is 11.6. The van der Waals surface area contributed by atoms with E-state index >= 15 is 0 Å². The summed E-state index contributed by atoms with van der Waals surface area (Å²) in [5.41, 5.74) is 1.11. The molecule has 0 aromatic heterocycles. The van der Waals surface area contributed by atoms with Gasteiger partial charge in [0.2, 0.25) is 14.2 Å². The number of amides is 1. The van der Waals surface area contributed by atoms with Crippen molar-refractivity contribution in [3.8, 4) is 5.75 Å². The topological polar surface area (TPSA) is 55.4 Å². The molecule has 98 valence electrons. The fraction of sp³-hybridized carbons (Fsp3) is 0.385. The van der Waals surface area contributed by atoms with E-state index in [4.69, 9.17) is 4.43 Å². The van der Waals surface area contributed by atoms with Gasteiger partial charge in [0.25, 0.3) is 0 Å². The van der Waals surface area contributed by atoms with Gasteiger partial charge in [-0.2, -0.15) is 0 Å². The predicted molar refractivity (Wildman–Crippen MR) is 74.7 cm³/mol. The molecule has 1 N–H and O–H groups in total. The van der Waals surface area contributed by atoms with Gasteiger partial charge in [-0.15, -0.1) is 0 Å². The molecular formula is C13H19NO3Si. The summed E-state index contributed by atoms with van der Waals surface area (Å²) in [6.07, 6.45) is 0. The number of carbonyl (C=O) groups excluding carboxylic acids is 2. The van der Waals surface area contributed by atoms with Crippen LogP contribution in [-0.2, 0) is 4.79 Å². The minimum absolute atomic E-state index is 0.0737. The lowest BCUT2D eigenvalue weighted by Crippen LogP contribution is -2.30. The zero-order valence-corrected chi connectivity index (χ0v) is 12.5. The summed E-state index contributed by atoms with van der Waals surface area (Å²) in [6.45, 7) is 9.08. The SMILES string of the molecule is CC(=O)Nc1ccc(O[Si](C)(C)C)c(C(C)=O)c1. The maximum atomic E-state index is 11.6. The van der Waals surface area contributed by atoms with Crippen LogP contribution >= 0.6 is 0 Å². The van der Waals surface area contributed by atoms with Crippen LogP contribution in [0.2, 0.25) is 19.6 Å². The molecule has 1 aromatic carbocycles. The summed E-state index contributed by atoms with van der Waals surface area (Å²) in [6, 6.07) is 5.13. The molecular weight excluding hydrogens is 246 g/mol. The molecule has 5 heteroatoms. The Morgan fingerprint density at radius 1 is 1.17 bits per heavy atom. The van der Waals surface area contributed by atoms with E-state index in [1.807, 2.05) is 0 Å². The molecule has 0 heterocycles. The molecule has 1 aromatic rings. The van der Waals surface area contributed by atoms with Crippen molar-refractivity contribution in [2.24, 2.45) is 0 Å². The van der Waals surface area contributed by atoms with E-state index in [9.17, 15) is 9.59 Å². The number of carbonyl (C=O) groups is 2. The zero-order valence-electron chi connectivity index (χ0n) is 11.5. The van der Waals surface area contributed by atoms with Crippen LogP contribution in [0, 0.1) is 0 Å². The van der Waals surface area contributed by atoms with Gasteiger partial charge in [0.1, 0.15) is 5.75 Å². The largest absolute Gasteiger partial charge is 0.544 e. The standard InChI is InChI=1S/C13H19NO3Si/c1-9(15)12-8-11(14-10(2)16)6-7-13(12)17-18(3,4)5/h6-8H,1-5H3,(H,14,16). The first kappa shape index (κ1) is 14.4. The fourth-order valence-corrected chi connectivity index (χ4v) is 2.34. The Bertz CT molecular complexity index is 478. The van der Waals surface area contributed by atoms with Gasteiger partial charge in [0.05, 0.1) is 5.56 Å². The summed E-state index contributed by atoms with van der Waals surface area (Å²) in [7, 11) is -1.76. The molecule has 0 spiro atoms. The van der Waals surface area contributed by atoms with Crippen LogP contribution < -0.4 is 9.74 Å². The van der Waals surface area contributed by atoms with Crippen LogP contribution in [0.3, 0.4) is 0 Å². The molecule has 0 fully saturated rings. The van der Waals surface area contributed by atoms with Gasteiger partial charge in [-0.05, 0) is 44.8 Å². The number of benzene rings is 1. The quantitative estimate of drug-likeness (QED) is 0.672. The molecule has 1 amide bonds. The van der Waals surface area contributed by atoms with Crippen LogP contribution in [-0.4, -0.2) is 20.0 Å². The Labute approximate surface area is 108 Å². The van der Waals surface area contributed by atoms with E-state index in [1.165, 1.54) is 13.8 Å². The van der Waals surface area contributed by atoms with Crippen LogP contribution in [0.15, 0.2) is 18.2 Å². The van der Waals surface area contributed by atoms with Crippen molar-refractivity contribution in [3.05, 3.63) is 23.8 Å². The van der Waals surface area contributed by atoms with Crippen molar-refractivity contribution in [1.82, 2.24) is 0 Å². The van der Waals surface area contributed by atoms with Gasteiger partial charge in [-0.25, -0.2) is 0 Å². The van der Waals surface area contributed by atoms with E-state index in [1.54, 1.807) is 18.2 Å². The zero-order chi connectivity index (χ0) is 13.9. The predicted octanol–water partition coefficient (Wildman–Crippen LogP) is 3.06. The van der Waals surface area contributed by atoms with Gasteiger partial charge in [0.15, 0.2) is 5.78 Å². The average Bonchev–Trinajstić information content (AvgIpc) is 2.17. The number of anilines is 1. The van der Waals surface area contributed by atoms with Crippen molar-refractivity contribution in [2.75, 3.05) is 5.32 Å². The van der Waals surface area contributed by atoms with Gasteiger partial charge < -0.3 is 9.74 Å². The molecule has 0 radical (unpaired) electrons. The monoisotopic (exact) mass is 265 g/mol. The first-order valence-corrected chi connectivity index (χ1v) is 9.21. The van der Waals surface area contributed by atoms with E-state index in [0.717, 1.165) is 0 Å². The molecule has 0 aliphatic heterocycles. The second kappa shape index (κ2) is 5.35. The third-order valence-electron chi connectivity index (χ3n) is 2.10. The Hall–Kier alpha value is -1.62. The number of ketones is 1. The van der Waals surface area contributed by atoms with Crippen molar-refractivity contribution < 1.29 is 14.0 Å². The smallest absolute Gasteiger partial charge is 0.242 e. The lowest BCUT2D eigenvalue weighted by molar-refractivity contribution is -0.114. The van der Waals surface area contributed by atoms with Crippen LogP contribution in [0.25, 0.3) is 0 Å². The molecule has 1 rings (SSSR count). The van der Waals surface area contributed by atoms with Crippen LogP contribution in [0.1, 0.15) is 24.2 Å². The highest BCUT2D eigenvalue weighted by atomic mass is 28.4. The Kier molecular flexibility index (Phi) is 4.29. The molecule has 0 unspecified atom stereocenters. The number of nitrogens with one attached hydrogen (secondary N) is 1. The van der Waals surface area contributed by atoms with Crippen LogP contribution in [0.5, 0.6) is 5.75 Å². The van der Waals surface area contributed by atoms with E-state index in [-0.39, 0.29) is 11.7 Å². The van der Waals surface area contributed by atoms with E-state index in [2.05, 4.69) is 25.0 Å². The molecule has 0 aliphatic carbocycles. The van der Waals surface area contributed by atoms with E-state index < -0.39 is 8.32 Å². The number of hydrogen-bond acceptors (Lipinski definition) is 3. The third kappa shape index (κ3) is 4.33. The maximum Gasteiger partial charge on any atom is 0.242 e. The first-order valence-electron chi connectivity index (χ1n) is 5.80. The fourth-order valence-electron chi connectivity index (χ4n) is 1.51. The Morgan fingerprint density at radius 3 is 2.22 bits per heavy atom. The number of rotatable bonds is 4. The Morgan fingerprint density at radius 2 is 1.78 bits per heavy atom. The molecule has 0 atom stereocenters. The lowest BCUT2D eigenvalue weighted by atomic mass is 10.1. The second-order valence-corrected chi connectivity index (χ2v) is 9.59. The Balaban J connectivity index is 3.12. The summed E-state index contributed by atoms with van der Waals surface area (Å²) >= 11 is 0. The van der Waals surface area contributed by atoms with Crippen molar-refractivity contribution >= 4 is 25.7 Å². The molecule has 0 aliphatic rings. The van der Waals surface area contributed by atoms with Gasteiger partial charge in [-0.3, -0.25) is 9.59 Å². The number of Topliss-reactive ketones (excluding diaryl/α,β-unsaturated/α-hetero) is 1. The molecule has 18 heavy (non-hydrogen) atoms. The molecule has 4 nitrogen and oxygen atoms in total. The molecule has 0 bridgehead atoms. The van der Waals surface area contributed by atoms with E-state index in [0.29, 0.717) is 17.0 Å². The highest BCUT2D eigenvalue weighted by molar-refractivity contribution is 6.70. The highest BCUT2D eigenvalue weighted by Gasteiger charge is 2.19. The van der Waals surface area contributed by atoms with Gasteiger partial charge in [-0.1, -0.05) is 0 Å². The number of hydrogen-bond donors (Lipinski definition) is 1. The summed E-state index contributed by atoms with van der Waals surface area (Å²) in [4.78, 5) is 22.6. The normalized spacial score (nSPS) is 10.9. The summed E-state index contributed by atoms with van der Waals surface area (Å²) < 4.78 is 5.86. The molecule has 0 saturated heterocycles. The van der Waals surface area contributed by atoms with Crippen molar-refractivity contribution in [3.63, 3.8) is 0 Å².